The average Bonchev–Trinajstić information content (AvgIpc) is 2.73. The van der Waals surface area contributed by atoms with E-state index in [1.807, 2.05) is 31.2 Å². The zero-order valence-corrected chi connectivity index (χ0v) is 16.7. The topological polar surface area (TPSA) is 50.8 Å². The van der Waals surface area contributed by atoms with Crippen LogP contribution in [0.5, 0.6) is 5.75 Å². The molecular formula is C23H30N2O3. The lowest BCUT2D eigenvalue weighted by Gasteiger charge is -2.26. The second-order valence-electron chi connectivity index (χ2n) is 7.20. The third-order valence-corrected chi connectivity index (χ3v) is 4.92. The lowest BCUT2D eigenvalue weighted by Crippen LogP contribution is -2.35. The fraction of sp³-hybridized carbons (Fsp3) is 0.435. The monoisotopic (exact) mass is 382 g/mol. The second-order valence-corrected chi connectivity index (χ2v) is 7.20. The van der Waals surface area contributed by atoms with E-state index in [0.29, 0.717) is 26.0 Å². The minimum atomic E-state index is 0.0609. The van der Waals surface area contributed by atoms with Crippen molar-refractivity contribution in [2.24, 2.45) is 0 Å². The summed E-state index contributed by atoms with van der Waals surface area (Å²) in [6, 6.07) is 16.4. The minimum Gasteiger partial charge on any atom is -0.493 e. The summed E-state index contributed by atoms with van der Waals surface area (Å²) in [5, 5.41) is 2.99. The van der Waals surface area contributed by atoms with Crippen molar-refractivity contribution in [1.29, 1.82) is 0 Å². The Balaban J connectivity index is 1.32. The van der Waals surface area contributed by atoms with Gasteiger partial charge in [0, 0.05) is 32.6 Å². The van der Waals surface area contributed by atoms with Gasteiger partial charge in [0.1, 0.15) is 5.75 Å². The van der Waals surface area contributed by atoms with Crippen molar-refractivity contribution in [2.75, 3.05) is 32.9 Å². The molecule has 150 valence electrons. The van der Waals surface area contributed by atoms with Crippen molar-refractivity contribution in [3.05, 3.63) is 65.2 Å². The maximum atomic E-state index is 12.0. The minimum absolute atomic E-state index is 0.0609. The smallest absolute Gasteiger partial charge is 0.220 e. The SMILES string of the molecule is Cc1ccccc1OCCCC(=O)NCc1ccc(CN2CCOCC2)cc1. The van der Waals surface area contributed by atoms with Crippen LogP contribution in [0.4, 0.5) is 0 Å². The van der Waals surface area contributed by atoms with Crippen molar-refractivity contribution in [2.45, 2.75) is 32.9 Å². The van der Waals surface area contributed by atoms with Gasteiger partial charge in [0.15, 0.2) is 0 Å². The van der Waals surface area contributed by atoms with E-state index in [2.05, 4.69) is 34.5 Å². The van der Waals surface area contributed by atoms with Gasteiger partial charge in [-0.1, -0.05) is 42.5 Å². The molecule has 1 saturated heterocycles. The summed E-state index contributed by atoms with van der Waals surface area (Å²) in [7, 11) is 0. The number of hydrogen-bond donors (Lipinski definition) is 1. The number of benzene rings is 2. The molecule has 5 nitrogen and oxygen atoms in total. The van der Waals surface area contributed by atoms with Crippen molar-refractivity contribution < 1.29 is 14.3 Å². The molecule has 1 amide bonds. The van der Waals surface area contributed by atoms with Crippen LogP contribution in [0.25, 0.3) is 0 Å². The summed E-state index contributed by atoms with van der Waals surface area (Å²) >= 11 is 0. The summed E-state index contributed by atoms with van der Waals surface area (Å²) < 4.78 is 11.1. The quantitative estimate of drug-likeness (QED) is 0.676. The van der Waals surface area contributed by atoms with Crippen LogP contribution < -0.4 is 10.1 Å². The molecule has 1 heterocycles. The molecule has 0 spiro atoms. The van der Waals surface area contributed by atoms with E-state index in [1.54, 1.807) is 0 Å². The number of nitrogens with zero attached hydrogens (tertiary/aromatic N) is 1. The molecule has 1 fully saturated rings. The zero-order valence-electron chi connectivity index (χ0n) is 16.7. The van der Waals surface area contributed by atoms with Crippen molar-refractivity contribution in [3.8, 4) is 5.75 Å². The number of hydrogen-bond acceptors (Lipinski definition) is 4. The molecule has 0 unspecified atom stereocenters. The van der Waals surface area contributed by atoms with Gasteiger partial charge < -0.3 is 14.8 Å². The number of carbonyl (C=O) groups excluding carboxylic acids is 1. The number of aryl methyl sites for hydroxylation is 1. The third kappa shape index (κ3) is 6.66. The first-order chi connectivity index (χ1) is 13.7. The molecule has 0 aliphatic carbocycles. The van der Waals surface area contributed by atoms with Crippen LogP contribution in [0, 0.1) is 6.92 Å². The number of morpholine rings is 1. The standard InChI is InChI=1S/C23H30N2O3/c1-19-5-2-3-6-22(19)28-14-4-7-23(26)24-17-20-8-10-21(11-9-20)18-25-12-15-27-16-13-25/h2-3,5-6,8-11H,4,7,12-18H2,1H3,(H,24,26). The van der Waals surface area contributed by atoms with E-state index in [0.717, 1.165) is 49.7 Å². The Labute approximate surface area is 167 Å². The number of nitrogens with one attached hydrogen (secondary N) is 1. The molecule has 1 aliphatic heterocycles. The number of rotatable bonds is 9. The number of ether oxygens (including phenoxy) is 2. The predicted octanol–water partition coefficient (Wildman–Crippen LogP) is 3.30. The largest absolute Gasteiger partial charge is 0.493 e. The summed E-state index contributed by atoms with van der Waals surface area (Å²) in [6.07, 6.45) is 1.18. The summed E-state index contributed by atoms with van der Waals surface area (Å²) in [5.41, 5.74) is 3.53. The Hall–Kier alpha value is -2.37. The summed E-state index contributed by atoms with van der Waals surface area (Å²) in [4.78, 5) is 14.4. The molecule has 1 aliphatic rings. The number of para-hydroxylation sites is 1. The van der Waals surface area contributed by atoms with Gasteiger partial charge in [0.05, 0.1) is 19.8 Å². The molecule has 0 aromatic heterocycles. The fourth-order valence-electron chi connectivity index (χ4n) is 3.20. The van der Waals surface area contributed by atoms with Crippen LogP contribution in [0.2, 0.25) is 0 Å². The molecule has 0 saturated carbocycles. The van der Waals surface area contributed by atoms with E-state index in [9.17, 15) is 4.79 Å². The second kappa shape index (κ2) is 10.8. The third-order valence-electron chi connectivity index (χ3n) is 4.92. The van der Waals surface area contributed by atoms with Crippen LogP contribution >= 0.6 is 0 Å². The predicted molar refractivity (Wildman–Crippen MR) is 110 cm³/mol. The summed E-state index contributed by atoms with van der Waals surface area (Å²) in [6.45, 7) is 7.71. The van der Waals surface area contributed by atoms with E-state index in [-0.39, 0.29) is 5.91 Å². The fourth-order valence-corrected chi connectivity index (χ4v) is 3.20. The van der Waals surface area contributed by atoms with E-state index in [4.69, 9.17) is 9.47 Å². The lowest BCUT2D eigenvalue weighted by molar-refractivity contribution is -0.121. The van der Waals surface area contributed by atoms with Gasteiger partial charge >= 0.3 is 0 Å². The molecule has 0 atom stereocenters. The molecule has 0 bridgehead atoms. The Morgan fingerprint density at radius 1 is 1.07 bits per heavy atom. The average molecular weight is 383 g/mol. The highest BCUT2D eigenvalue weighted by molar-refractivity contribution is 5.75. The first kappa shape index (κ1) is 20.4. The highest BCUT2D eigenvalue weighted by atomic mass is 16.5. The Kier molecular flexibility index (Phi) is 7.88. The number of carbonyl (C=O) groups is 1. The first-order valence-corrected chi connectivity index (χ1v) is 10.0. The van der Waals surface area contributed by atoms with Gasteiger partial charge in [-0.3, -0.25) is 9.69 Å². The number of amides is 1. The van der Waals surface area contributed by atoms with Gasteiger partial charge in [-0.05, 0) is 36.1 Å². The van der Waals surface area contributed by atoms with E-state index >= 15 is 0 Å². The van der Waals surface area contributed by atoms with E-state index < -0.39 is 0 Å². The van der Waals surface area contributed by atoms with Crippen molar-refractivity contribution >= 4 is 5.91 Å². The van der Waals surface area contributed by atoms with Gasteiger partial charge in [-0.2, -0.15) is 0 Å². The van der Waals surface area contributed by atoms with Crippen molar-refractivity contribution in [3.63, 3.8) is 0 Å². The first-order valence-electron chi connectivity index (χ1n) is 10.0. The molecule has 28 heavy (non-hydrogen) atoms. The molecule has 3 rings (SSSR count). The van der Waals surface area contributed by atoms with Gasteiger partial charge in [0.25, 0.3) is 0 Å². The van der Waals surface area contributed by atoms with Crippen LogP contribution in [-0.2, 0) is 22.6 Å². The normalized spacial score (nSPS) is 14.6. The van der Waals surface area contributed by atoms with Gasteiger partial charge in [-0.15, -0.1) is 0 Å². The van der Waals surface area contributed by atoms with Crippen molar-refractivity contribution in [1.82, 2.24) is 10.2 Å². The highest BCUT2D eigenvalue weighted by Crippen LogP contribution is 2.16. The maximum absolute atomic E-state index is 12.0. The lowest BCUT2D eigenvalue weighted by atomic mass is 10.1. The Morgan fingerprint density at radius 2 is 1.79 bits per heavy atom. The van der Waals surface area contributed by atoms with Crippen LogP contribution in [0.15, 0.2) is 48.5 Å². The molecule has 5 heteroatoms. The zero-order chi connectivity index (χ0) is 19.6. The van der Waals surface area contributed by atoms with Gasteiger partial charge in [0.2, 0.25) is 5.91 Å². The summed E-state index contributed by atoms with van der Waals surface area (Å²) in [5.74, 6) is 0.950. The molecule has 0 radical (unpaired) electrons. The highest BCUT2D eigenvalue weighted by Gasteiger charge is 2.10. The Bertz CT molecular complexity index is 740. The molecule has 2 aromatic rings. The molecule has 1 N–H and O–H groups in total. The van der Waals surface area contributed by atoms with Crippen LogP contribution in [0.1, 0.15) is 29.5 Å². The van der Waals surface area contributed by atoms with E-state index in [1.165, 1.54) is 5.56 Å². The molecule has 2 aromatic carbocycles. The van der Waals surface area contributed by atoms with Gasteiger partial charge in [-0.25, -0.2) is 0 Å². The Morgan fingerprint density at radius 3 is 2.54 bits per heavy atom. The maximum Gasteiger partial charge on any atom is 0.220 e. The molecular weight excluding hydrogens is 352 g/mol. The van der Waals surface area contributed by atoms with Crippen LogP contribution in [0.3, 0.4) is 0 Å². The van der Waals surface area contributed by atoms with Crippen LogP contribution in [-0.4, -0.2) is 43.7 Å².